The van der Waals surface area contributed by atoms with E-state index < -0.39 is 6.04 Å². The number of nitrogens with zero attached hydrogens (tertiary/aromatic N) is 5. The molecule has 0 radical (unpaired) electrons. The molecule has 1 saturated carbocycles. The molecule has 5 rings (SSSR count). The Bertz CT molecular complexity index is 1310. The van der Waals surface area contributed by atoms with E-state index in [0.29, 0.717) is 11.6 Å². The number of hydrogen-bond donors (Lipinski definition) is 1. The zero-order valence-corrected chi connectivity index (χ0v) is 20.8. The normalized spacial score (nSPS) is 14.4. The lowest BCUT2D eigenvalue weighted by Crippen LogP contribution is -2.46. The number of benzene rings is 2. The number of furan rings is 1. The van der Waals surface area contributed by atoms with Gasteiger partial charge in [0.25, 0.3) is 5.91 Å². The van der Waals surface area contributed by atoms with Crippen LogP contribution in [0, 0.1) is 6.92 Å². The molecule has 0 saturated heterocycles. The van der Waals surface area contributed by atoms with Crippen molar-refractivity contribution in [2.45, 2.75) is 57.8 Å². The van der Waals surface area contributed by atoms with Crippen LogP contribution < -0.4 is 5.32 Å². The molecule has 9 heteroatoms. The van der Waals surface area contributed by atoms with Gasteiger partial charge < -0.3 is 14.6 Å². The number of amides is 2. The third-order valence-electron chi connectivity index (χ3n) is 6.63. The highest BCUT2D eigenvalue weighted by Gasteiger charge is 2.35. The maximum absolute atomic E-state index is 13.8. The topological polar surface area (TPSA) is 106 Å². The molecule has 4 aromatic rings. The van der Waals surface area contributed by atoms with Crippen molar-refractivity contribution in [3.63, 3.8) is 0 Å². The predicted molar refractivity (Wildman–Crippen MR) is 137 cm³/mol. The Balaban J connectivity index is 1.42. The van der Waals surface area contributed by atoms with E-state index in [0.717, 1.165) is 42.4 Å². The zero-order chi connectivity index (χ0) is 25.6. The van der Waals surface area contributed by atoms with Gasteiger partial charge in [-0.2, -0.15) is 4.80 Å². The Labute approximate surface area is 215 Å². The SMILES string of the molecule is Cc1ccc(-c2nnn(CC(=O)N(Cc3ccccc3)[C@@H](C(=O)NC3CCCC3)c3ccco3)n2)cc1. The fourth-order valence-corrected chi connectivity index (χ4v) is 4.67. The average molecular weight is 499 g/mol. The van der Waals surface area contributed by atoms with Crippen LogP contribution in [-0.4, -0.2) is 43.0 Å². The lowest BCUT2D eigenvalue weighted by molar-refractivity contribution is -0.143. The molecule has 1 aliphatic carbocycles. The summed E-state index contributed by atoms with van der Waals surface area (Å²) < 4.78 is 5.67. The number of nitrogens with one attached hydrogen (secondary N) is 1. The highest BCUT2D eigenvalue weighted by Crippen LogP contribution is 2.27. The van der Waals surface area contributed by atoms with E-state index in [1.807, 2.05) is 61.5 Å². The van der Waals surface area contributed by atoms with Crippen LogP contribution in [0.15, 0.2) is 77.4 Å². The van der Waals surface area contributed by atoms with Crippen molar-refractivity contribution >= 4 is 11.8 Å². The second-order valence-electron chi connectivity index (χ2n) is 9.42. The van der Waals surface area contributed by atoms with Gasteiger partial charge in [0, 0.05) is 18.2 Å². The van der Waals surface area contributed by atoms with Gasteiger partial charge in [0.05, 0.1) is 6.26 Å². The molecular formula is C28H30N6O3. The molecule has 37 heavy (non-hydrogen) atoms. The van der Waals surface area contributed by atoms with E-state index in [-0.39, 0.29) is 30.9 Å². The average Bonchev–Trinajstić information content (AvgIpc) is 3.69. The van der Waals surface area contributed by atoms with Crippen LogP contribution in [0.3, 0.4) is 0 Å². The first-order valence-corrected chi connectivity index (χ1v) is 12.6. The summed E-state index contributed by atoms with van der Waals surface area (Å²) in [5.41, 5.74) is 2.84. The lowest BCUT2D eigenvalue weighted by atomic mass is 10.1. The van der Waals surface area contributed by atoms with Gasteiger partial charge in [-0.25, -0.2) is 0 Å². The van der Waals surface area contributed by atoms with E-state index in [1.54, 1.807) is 12.1 Å². The summed E-state index contributed by atoms with van der Waals surface area (Å²) in [6.45, 7) is 2.06. The van der Waals surface area contributed by atoms with Crippen molar-refractivity contribution in [2.75, 3.05) is 0 Å². The van der Waals surface area contributed by atoms with Crippen LogP contribution in [0.1, 0.15) is 48.6 Å². The monoisotopic (exact) mass is 498 g/mol. The van der Waals surface area contributed by atoms with Crippen LogP contribution in [0.25, 0.3) is 11.4 Å². The molecule has 0 unspecified atom stereocenters. The molecule has 2 aromatic heterocycles. The van der Waals surface area contributed by atoms with E-state index in [2.05, 4.69) is 20.7 Å². The first-order valence-electron chi connectivity index (χ1n) is 12.6. The Kier molecular flexibility index (Phi) is 7.39. The van der Waals surface area contributed by atoms with Crippen molar-refractivity contribution in [2.24, 2.45) is 0 Å². The molecular weight excluding hydrogens is 468 g/mol. The second-order valence-corrected chi connectivity index (χ2v) is 9.42. The summed E-state index contributed by atoms with van der Waals surface area (Å²) in [6, 6.07) is 20.0. The maximum atomic E-state index is 13.8. The van der Waals surface area contributed by atoms with Gasteiger partial charge in [0.1, 0.15) is 12.3 Å². The minimum absolute atomic E-state index is 0.104. The maximum Gasteiger partial charge on any atom is 0.250 e. The van der Waals surface area contributed by atoms with Crippen LogP contribution >= 0.6 is 0 Å². The molecule has 2 aromatic carbocycles. The molecule has 190 valence electrons. The van der Waals surface area contributed by atoms with Gasteiger partial charge in [-0.15, -0.1) is 10.2 Å². The molecule has 1 atom stereocenters. The van der Waals surface area contributed by atoms with Gasteiger partial charge in [-0.05, 0) is 42.7 Å². The van der Waals surface area contributed by atoms with Gasteiger partial charge in [0.2, 0.25) is 11.7 Å². The zero-order valence-electron chi connectivity index (χ0n) is 20.8. The van der Waals surface area contributed by atoms with E-state index in [1.165, 1.54) is 16.0 Å². The van der Waals surface area contributed by atoms with Crippen LogP contribution in [0.2, 0.25) is 0 Å². The number of aromatic nitrogens is 4. The summed E-state index contributed by atoms with van der Waals surface area (Å²) in [4.78, 5) is 30.2. The van der Waals surface area contributed by atoms with Crippen molar-refractivity contribution in [1.29, 1.82) is 0 Å². The van der Waals surface area contributed by atoms with Gasteiger partial charge >= 0.3 is 0 Å². The predicted octanol–water partition coefficient (Wildman–Crippen LogP) is 4.07. The van der Waals surface area contributed by atoms with Crippen LogP contribution in [0.5, 0.6) is 0 Å². The number of tetrazole rings is 1. The van der Waals surface area contributed by atoms with Gasteiger partial charge in [-0.3, -0.25) is 9.59 Å². The summed E-state index contributed by atoms with van der Waals surface area (Å²) in [6.07, 6.45) is 5.57. The molecule has 0 spiro atoms. The minimum Gasteiger partial charge on any atom is -0.467 e. The third-order valence-corrected chi connectivity index (χ3v) is 6.63. The lowest BCUT2D eigenvalue weighted by Gasteiger charge is -2.30. The third kappa shape index (κ3) is 5.94. The Morgan fingerprint density at radius 2 is 1.81 bits per heavy atom. The molecule has 0 bridgehead atoms. The fourth-order valence-electron chi connectivity index (χ4n) is 4.67. The minimum atomic E-state index is -0.927. The summed E-state index contributed by atoms with van der Waals surface area (Å²) >= 11 is 0. The largest absolute Gasteiger partial charge is 0.467 e. The molecule has 1 N–H and O–H groups in total. The summed E-state index contributed by atoms with van der Waals surface area (Å²) in [7, 11) is 0. The quantitative estimate of drug-likeness (QED) is 0.373. The molecule has 0 aliphatic heterocycles. The van der Waals surface area contributed by atoms with Crippen molar-refractivity contribution in [1.82, 2.24) is 30.4 Å². The molecule has 2 amide bonds. The van der Waals surface area contributed by atoms with Crippen molar-refractivity contribution in [3.8, 4) is 11.4 Å². The second kappa shape index (κ2) is 11.2. The fraction of sp³-hybridized carbons (Fsp3) is 0.321. The van der Waals surface area contributed by atoms with E-state index in [4.69, 9.17) is 4.42 Å². The standard InChI is InChI=1S/C28H30N6O3/c1-20-13-15-22(16-14-20)27-30-32-34(31-27)19-25(35)33(18-21-8-3-2-4-9-21)26(24-12-7-17-37-24)28(36)29-23-10-5-6-11-23/h2-4,7-9,12-17,23,26H,5-6,10-11,18-19H2,1H3,(H,29,36)/t26-/m1/s1. The van der Waals surface area contributed by atoms with Crippen LogP contribution in [-0.2, 0) is 22.7 Å². The number of hydrogen-bond acceptors (Lipinski definition) is 6. The Morgan fingerprint density at radius 3 is 2.51 bits per heavy atom. The highest BCUT2D eigenvalue weighted by atomic mass is 16.3. The molecule has 2 heterocycles. The smallest absolute Gasteiger partial charge is 0.250 e. The molecule has 1 aliphatic rings. The van der Waals surface area contributed by atoms with E-state index >= 15 is 0 Å². The number of carbonyl (C=O) groups excluding carboxylic acids is 2. The highest BCUT2D eigenvalue weighted by molar-refractivity contribution is 5.88. The molecule has 9 nitrogen and oxygen atoms in total. The van der Waals surface area contributed by atoms with E-state index in [9.17, 15) is 9.59 Å². The first kappa shape index (κ1) is 24.4. The summed E-state index contributed by atoms with van der Waals surface area (Å²) in [5, 5.41) is 15.8. The Morgan fingerprint density at radius 1 is 1.05 bits per heavy atom. The number of carbonyl (C=O) groups is 2. The summed E-state index contributed by atoms with van der Waals surface area (Å²) in [5.74, 6) is 0.272. The first-order chi connectivity index (χ1) is 18.1. The van der Waals surface area contributed by atoms with Crippen molar-refractivity contribution in [3.05, 3.63) is 89.9 Å². The Hall–Kier alpha value is -4.27. The molecule has 1 fully saturated rings. The van der Waals surface area contributed by atoms with Crippen LogP contribution in [0.4, 0.5) is 0 Å². The number of aryl methyl sites for hydroxylation is 1. The number of rotatable bonds is 9. The van der Waals surface area contributed by atoms with Gasteiger partial charge in [0.15, 0.2) is 6.04 Å². The van der Waals surface area contributed by atoms with Gasteiger partial charge in [-0.1, -0.05) is 73.0 Å². The van der Waals surface area contributed by atoms with Crippen molar-refractivity contribution < 1.29 is 14.0 Å².